The van der Waals surface area contributed by atoms with Gasteiger partial charge in [0.2, 0.25) is 0 Å². The Morgan fingerprint density at radius 1 is 0.571 bits per heavy atom. The molecule has 1 unspecified atom stereocenters. The molecule has 0 fully saturated rings. The summed E-state index contributed by atoms with van der Waals surface area (Å²) >= 11 is 0. The number of hydrogen-bond acceptors (Lipinski definition) is 1. The molecule has 42 heavy (non-hydrogen) atoms. The van der Waals surface area contributed by atoms with Crippen LogP contribution in [0.3, 0.4) is 0 Å². The van der Waals surface area contributed by atoms with E-state index < -0.39 is 7.14 Å². The van der Waals surface area contributed by atoms with E-state index in [0.717, 1.165) is 43.8 Å². The lowest BCUT2D eigenvalue weighted by atomic mass is 9.82. The molecule has 0 saturated carbocycles. The second kappa shape index (κ2) is 8.22. The van der Waals surface area contributed by atoms with Crippen molar-refractivity contribution in [2.75, 3.05) is 0 Å². The Morgan fingerprint density at radius 3 is 2.12 bits per heavy atom. The van der Waals surface area contributed by atoms with E-state index in [9.17, 15) is 0 Å². The number of nitrogens with zero attached hydrogens (tertiary/aromatic N) is 1. The van der Waals surface area contributed by atoms with Crippen LogP contribution < -0.4 is 15.9 Å². The van der Waals surface area contributed by atoms with Gasteiger partial charge in [0, 0.05) is 43.4 Å². The lowest BCUT2D eigenvalue weighted by Crippen LogP contribution is -2.20. The topological polar surface area (TPSA) is 22.0 Å². The van der Waals surface area contributed by atoms with Crippen LogP contribution in [0.4, 0.5) is 0 Å². The van der Waals surface area contributed by atoms with Gasteiger partial charge in [-0.3, -0.25) is 0 Å². The molecule has 7 aromatic rings. The van der Waals surface area contributed by atoms with Gasteiger partial charge in [-0.05, 0) is 52.1 Å². The van der Waals surface area contributed by atoms with Crippen molar-refractivity contribution in [3.05, 3.63) is 145 Å². The molecule has 0 spiro atoms. The van der Waals surface area contributed by atoms with Crippen molar-refractivity contribution in [3.63, 3.8) is 0 Å². The molecule has 1 aliphatic carbocycles. The summed E-state index contributed by atoms with van der Waals surface area (Å²) < 4.78 is 17.7. The first kappa shape index (κ1) is 24.0. The molecule has 2 aliphatic rings. The molecule has 0 N–H and O–H groups in total. The minimum absolute atomic E-state index is 0.0478. The lowest BCUT2D eigenvalue weighted by molar-refractivity contribution is 0.593. The molecule has 0 bridgehead atoms. The molecule has 0 amide bonds. The lowest BCUT2D eigenvalue weighted by Gasteiger charge is -2.21. The summed E-state index contributed by atoms with van der Waals surface area (Å²) in [5.74, 6) is 0. The van der Waals surface area contributed by atoms with E-state index in [-0.39, 0.29) is 5.41 Å². The van der Waals surface area contributed by atoms with Crippen LogP contribution in [0.25, 0.3) is 49.7 Å². The van der Waals surface area contributed by atoms with Gasteiger partial charge in [-0.2, -0.15) is 0 Å². The first-order chi connectivity index (χ1) is 20.5. The first-order valence-corrected chi connectivity index (χ1v) is 16.3. The number of rotatable bonds is 2. The summed E-state index contributed by atoms with van der Waals surface area (Å²) in [7, 11) is -3.05. The van der Waals surface area contributed by atoms with Crippen molar-refractivity contribution < 1.29 is 4.57 Å². The van der Waals surface area contributed by atoms with Crippen LogP contribution in [-0.4, -0.2) is 4.57 Å². The zero-order chi connectivity index (χ0) is 28.2. The van der Waals surface area contributed by atoms with E-state index in [1.54, 1.807) is 0 Å². The molecular formula is C39H28NOP. The molecule has 6 aromatic carbocycles. The molecule has 2 nitrogen and oxygen atoms in total. The van der Waals surface area contributed by atoms with Crippen LogP contribution in [0.5, 0.6) is 0 Å². The fourth-order valence-corrected chi connectivity index (χ4v) is 10.8. The van der Waals surface area contributed by atoms with Crippen molar-refractivity contribution in [2.45, 2.75) is 19.3 Å². The van der Waals surface area contributed by atoms with Crippen molar-refractivity contribution in [1.29, 1.82) is 0 Å². The molecule has 0 saturated heterocycles. The highest BCUT2D eigenvalue weighted by atomic mass is 31.2. The highest BCUT2D eigenvalue weighted by molar-refractivity contribution is 7.86. The summed E-state index contributed by atoms with van der Waals surface area (Å²) in [6.07, 6.45) is 0. The Hall–Kier alpha value is -4.65. The molecule has 1 atom stereocenters. The van der Waals surface area contributed by atoms with Crippen LogP contribution >= 0.6 is 7.14 Å². The maximum atomic E-state index is 15.3. The van der Waals surface area contributed by atoms with E-state index in [4.69, 9.17) is 0 Å². The molecule has 9 rings (SSSR count). The van der Waals surface area contributed by atoms with Crippen molar-refractivity contribution >= 4 is 44.9 Å². The summed E-state index contributed by atoms with van der Waals surface area (Å²) in [4.78, 5) is 0. The van der Waals surface area contributed by atoms with Crippen LogP contribution in [0.1, 0.15) is 25.0 Å². The van der Waals surface area contributed by atoms with Gasteiger partial charge in [0.05, 0.1) is 11.0 Å². The maximum Gasteiger partial charge on any atom is 0.172 e. The second-order valence-corrected chi connectivity index (χ2v) is 14.8. The average molecular weight is 558 g/mol. The van der Waals surface area contributed by atoms with Crippen LogP contribution in [0, 0.1) is 0 Å². The smallest absolute Gasteiger partial charge is 0.172 e. The van der Waals surface area contributed by atoms with Crippen LogP contribution in [0.15, 0.2) is 133 Å². The van der Waals surface area contributed by atoms with Gasteiger partial charge in [0.1, 0.15) is 0 Å². The van der Waals surface area contributed by atoms with Crippen LogP contribution in [0.2, 0.25) is 0 Å². The largest absolute Gasteiger partial charge is 0.309 e. The van der Waals surface area contributed by atoms with Crippen molar-refractivity contribution in [1.82, 2.24) is 4.57 Å². The Kier molecular flexibility index (Phi) is 4.69. The van der Waals surface area contributed by atoms with Gasteiger partial charge in [-0.25, -0.2) is 0 Å². The number of fused-ring (bicyclic) bond motifs is 10. The minimum atomic E-state index is -3.05. The van der Waals surface area contributed by atoms with E-state index in [0.29, 0.717) is 0 Å². The maximum absolute atomic E-state index is 15.3. The zero-order valence-corrected chi connectivity index (χ0v) is 24.4. The molecular weight excluding hydrogens is 529 g/mol. The van der Waals surface area contributed by atoms with E-state index in [2.05, 4.69) is 115 Å². The highest BCUT2D eigenvalue weighted by Crippen LogP contribution is 2.55. The fourth-order valence-electron chi connectivity index (χ4n) is 7.70. The van der Waals surface area contributed by atoms with E-state index in [1.807, 2.05) is 36.4 Å². The summed E-state index contributed by atoms with van der Waals surface area (Å²) in [6, 6.07) is 47.1. The molecule has 3 heteroatoms. The van der Waals surface area contributed by atoms with E-state index >= 15 is 4.57 Å². The van der Waals surface area contributed by atoms with Gasteiger partial charge < -0.3 is 9.13 Å². The second-order valence-electron chi connectivity index (χ2n) is 12.1. The average Bonchev–Trinajstić information content (AvgIpc) is 3.60. The predicted octanol–water partition coefficient (Wildman–Crippen LogP) is 8.71. The fraction of sp³-hybridized carbons (Fsp3) is 0.0769. The molecule has 200 valence electrons. The van der Waals surface area contributed by atoms with Gasteiger partial charge >= 0.3 is 0 Å². The number of para-hydroxylation sites is 1. The monoisotopic (exact) mass is 557 g/mol. The van der Waals surface area contributed by atoms with Crippen molar-refractivity contribution in [3.8, 4) is 27.9 Å². The first-order valence-electron chi connectivity index (χ1n) is 14.6. The van der Waals surface area contributed by atoms with Crippen molar-refractivity contribution in [2.24, 2.45) is 0 Å². The summed E-state index contributed by atoms with van der Waals surface area (Å²) in [6.45, 7) is 4.64. The van der Waals surface area contributed by atoms with Gasteiger partial charge in [-0.15, -0.1) is 0 Å². The van der Waals surface area contributed by atoms with Gasteiger partial charge in [0.25, 0.3) is 0 Å². The SMILES string of the molecule is CC1(C)c2ccccc2-c2cc(-n3c4ccccc4c4ccc5c(c43)-c3ccccc3P5(=O)c3ccccc3)ccc21. The molecule has 0 radical (unpaired) electrons. The third kappa shape index (κ3) is 2.88. The van der Waals surface area contributed by atoms with Gasteiger partial charge in [-0.1, -0.05) is 123 Å². The third-order valence-corrected chi connectivity index (χ3v) is 12.8. The third-order valence-electron chi connectivity index (χ3n) is 9.61. The van der Waals surface area contributed by atoms with E-state index in [1.165, 1.54) is 33.0 Å². The molecule has 1 aromatic heterocycles. The zero-order valence-electron chi connectivity index (χ0n) is 23.5. The Balaban J connectivity index is 1.42. The quantitative estimate of drug-likeness (QED) is 0.195. The highest BCUT2D eigenvalue weighted by Gasteiger charge is 2.42. The van der Waals surface area contributed by atoms with Gasteiger partial charge in [0.15, 0.2) is 7.14 Å². The Morgan fingerprint density at radius 2 is 1.26 bits per heavy atom. The number of hydrogen-bond donors (Lipinski definition) is 0. The van der Waals surface area contributed by atoms with Crippen LogP contribution in [-0.2, 0) is 9.98 Å². The molecule has 1 aliphatic heterocycles. The normalized spacial score (nSPS) is 17.7. The Labute approximate surface area is 245 Å². The minimum Gasteiger partial charge on any atom is -0.309 e. The predicted molar refractivity (Wildman–Crippen MR) is 177 cm³/mol. The standard InChI is InChI=1S/C39H28NOP/c1-39(2)32-17-9-6-14-27(32)31-24-25(20-22-33(31)39)40-34-18-10-7-15-28(34)29-21-23-36-37(38(29)40)30-16-8-11-19-35(30)42(36,41)26-12-4-3-5-13-26/h3-24H,1-2H3. The summed E-state index contributed by atoms with van der Waals surface area (Å²) in [5.41, 5.74) is 10.9. The summed E-state index contributed by atoms with van der Waals surface area (Å²) in [5, 5.41) is 5.13. The Bertz CT molecular complexity index is 2310. The molecule has 2 heterocycles. The number of benzene rings is 6. The number of aromatic nitrogens is 1.